The van der Waals surface area contributed by atoms with E-state index in [-0.39, 0.29) is 20.5 Å². The van der Waals surface area contributed by atoms with E-state index >= 15 is 0 Å². The molecule has 0 saturated carbocycles. The van der Waals surface area contributed by atoms with Crippen LogP contribution >= 0.6 is 11.6 Å². The molecule has 0 fully saturated rings. The number of halogens is 1. The monoisotopic (exact) mass is 533 g/mol. The van der Waals surface area contributed by atoms with Gasteiger partial charge >= 0.3 is 0 Å². The molecule has 0 unspecified atom stereocenters. The Morgan fingerprint density at radius 1 is 0.886 bits per heavy atom. The number of anilines is 2. The van der Waals surface area contributed by atoms with Crippen LogP contribution in [0, 0.1) is 0 Å². The van der Waals surface area contributed by atoms with Crippen LogP contribution in [-0.4, -0.2) is 54.2 Å². The Morgan fingerprint density at radius 3 is 2.20 bits per heavy atom. The maximum atomic E-state index is 13.5. The lowest BCUT2D eigenvalue weighted by Crippen LogP contribution is -2.42. The molecule has 0 bridgehead atoms. The minimum absolute atomic E-state index is 0.0353. The molecule has 0 spiro atoms. The quantitative estimate of drug-likeness (QED) is 0.464. The van der Waals surface area contributed by atoms with Gasteiger partial charge in [0.1, 0.15) is 6.54 Å². The van der Waals surface area contributed by atoms with Crippen LogP contribution in [0.15, 0.2) is 82.6 Å². The van der Waals surface area contributed by atoms with Crippen molar-refractivity contribution in [2.24, 2.45) is 0 Å². The van der Waals surface area contributed by atoms with Gasteiger partial charge in [-0.2, -0.15) is 0 Å². The summed E-state index contributed by atoms with van der Waals surface area (Å²) >= 11 is 6.33. The van der Waals surface area contributed by atoms with Crippen LogP contribution in [0.5, 0.6) is 0 Å². The van der Waals surface area contributed by atoms with E-state index in [4.69, 9.17) is 11.6 Å². The average Bonchev–Trinajstić information content (AvgIpc) is 3.27. The van der Waals surface area contributed by atoms with Crippen LogP contribution in [0.4, 0.5) is 11.4 Å². The summed E-state index contributed by atoms with van der Waals surface area (Å²) in [6.07, 6.45) is 0.454. The van der Waals surface area contributed by atoms with Gasteiger partial charge in [0.25, 0.3) is 10.0 Å². The Labute approximate surface area is 210 Å². The first-order valence-corrected chi connectivity index (χ1v) is 14.0. The highest BCUT2D eigenvalue weighted by Gasteiger charge is 2.33. The van der Waals surface area contributed by atoms with Gasteiger partial charge < -0.3 is 4.90 Å². The maximum absolute atomic E-state index is 13.5. The van der Waals surface area contributed by atoms with Crippen molar-refractivity contribution in [3.63, 3.8) is 0 Å². The summed E-state index contributed by atoms with van der Waals surface area (Å²) in [4.78, 5) is 15.1. The molecular formula is C24H24ClN3O5S2. The summed E-state index contributed by atoms with van der Waals surface area (Å²) in [7, 11) is -4.81. The van der Waals surface area contributed by atoms with Crippen LogP contribution < -0.4 is 9.21 Å². The molecule has 1 aliphatic rings. The van der Waals surface area contributed by atoms with E-state index in [2.05, 4.69) is 0 Å². The highest BCUT2D eigenvalue weighted by atomic mass is 35.5. The topological polar surface area (TPSA) is 95.1 Å². The van der Waals surface area contributed by atoms with Crippen molar-refractivity contribution in [2.75, 3.05) is 36.4 Å². The normalized spacial score (nSPS) is 13.7. The number of benzene rings is 3. The zero-order valence-electron chi connectivity index (χ0n) is 19.1. The minimum Gasteiger partial charge on any atom is -0.310 e. The van der Waals surface area contributed by atoms with E-state index in [1.165, 1.54) is 37.2 Å². The van der Waals surface area contributed by atoms with Crippen molar-refractivity contribution < 1.29 is 21.6 Å². The highest BCUT2D eigenvalue weighted by molar-refractivity contribution is 7.93. The number of hydrogen-bond acceptors (Lipinski definition) is 5. The number of sulfonamides is 2. The second kappa shape index (κ2) is 9.62. The third-order valence-corrected chi connectivity index (χ3v) is 9.66. The third kappa shape index (κ3) is 4.79. The van der Waals surface area contributed by atoms with E-state index in [0.717, 1.165) is 8.61 Å². The fourth-order valence-corrected chi connectivity index (χ4v) is 6.58. The first-order chi connectivity index (χ1) is 16.5. The van der Waals surface area contributed by atoms with Gasteiger partial charge in [-0.1, -0.05) is 41.9 Å². The van der Waals surface area contributed by atoms with Gasteiger partial charge in [0, 0.05) is 26.3 Å². The second-order valence-corrected chi connectivity index (χ2v) is 12.6. The van der Waals surface area contributed by atoms with E-state index in [0.29, 0.717) is 24.2 Å². The predicted molar refractivity (Wildman–Crippen MR) is 136 cm³/mol. The molecule has 35 heavy (non-hydrogen) atoms. The SMILES string of the molecule is CN(C)S(=O)(=O)c1ccc2c(c1)CCN2C(=O)CN(c1ccccc1Cl)S(=O)(=O)c1ccccc1. The number of rotatable bonds is 7. The lowest BCUT2D eigenvalue weighted by atomic mass is 10.2. The molecule has 4 rings (SSSR count). The second-order valence-electron chi connectivity index (χ2n) is 8.15. The van der Waals surface area contributed by atoms with E-state index in [1.807, 2.05) is 0 Å². The molecule has 1 amide bonds. The summed E-state index contributed by atoms with van der Waals surface area (Å²) in [5.74, 6) is -0.452. The Balaban J connectivity index is 1.69. The molecule has 0 saturated heterocycles. The van der Waals surface area contributed by atoms with Crippen molar-refractivity contribution in [3.05, 3.63) is 83.4 Å². The molecule has 8 nitrogen and oxygen atoms in total. The van der Waals surface area contributed by atoms with E-state index in [9.17, 15) is 21.6 Å². The molecule has 11 heteroatoms. The zero-order valence-corrected chi connectivity index (χ0v) is 21.5. The Bertz CT molecular complexity index is 1480. The predicted octanol–water partition coefficient (Wildman–Crippen LogP) is 3.37. The lowest BCUT2D eigenvalue weighted by molar-refractivity contribution is -0.117. The van der Waals surface area contributed by atoms with E-state index < -0.39 is 32.5 Å². The van der Waals surface area contributed by atoms with Crippen molar-refractivity contribution >= 4 is 48.9 Å². The summed E-state index contributed by atoms with van der Waals surface area (Å²) < 4.78 is 54.2. The van der Waals surface area contributed by atoms with Crippen LogP contribution in [0.2, 0.25) is 5.02 Å². The van der Waals surface area contributed by atoms with Crippen LogP contribution in [0.3, 0.4) is 0 Å². The molecule has 3 aromatic rings. The summed E-state index contributed by atoms with van der Waals surface area (Å²) in [6, 6.07) is 18.9. The molecule has 0 radical (unpaired) electrons. The van der Waals surface area contributed by atoms with Crippen molar-refractivity contribution in [2.45, 2.75) is 16.2 Å². The summed E-state index contributed by atoms with van der Waals surface area (Å²) in [5, 5.41) is 0.195. The molecule has 3 aromatic carbocycles. The molecule has 0 atom stereocenters. The number of amides is 1. The fraction of sp³-hybridized carbons (Fsp3) is 0.208. The number of fused-ring (bicyclic) bond motifs is 1. The standard InChI is InChI=1S/C24H24ClN3O5S2/c1-26(2)34(30,31)20-12-13-22-18(16-20)14-15-27(22)24(29)17-28(23-11-7-6-10-21(23)25)35(32,33)19-8-4-3-5-9-19/h3-13,16H,14-15,17H2,1-2H3. The minimum atomic E-state index is -4.10. The van der Waals surface area contributed by atoms with Gasteiger partial charge in [0.2, 0.25) is 15.9 Å². The van der Waals surface area contributed by atoms with Gasteiger partial charge in [0.15, 0.2) is 0 Å². The third-order valence-electron chi connectivity index (χ3n) is 5.76. The van der Waals surface area contributed by atoms with Crippen LogP contribution in [0.25, 0.3) is 0 Å². The molecule has 1 aliphatic heterocycles. The van der Waals surface area contributed by atoms with Crippen molar-refractivity contribution in [3.8, 4) is 0 Å². The van der Waals surface area contributed by atoms with Gasteiger partial charge in [0.05, 0.1) is 20.5 Å². The highest BCUT2D eigenvalue weighted by Crippen LogP contribution is 2.33. The fourth-order valence-electron chi connectivity index (χ4n) is 3.89. The molecule has 0 N–H and O–H groups in total. The van der Waals surface area contributed by atoms with Crippen molar-refractivity contribution in [1.29, 1.82) is 0 Å². The summed E-state index contributed by atoms with van der Waals surface area (Å²) in [5.41, 5.74) is 1.46. The van der Waals surface area contributed by atoms with Gasteiger partial charge in [-0.15, -0.1) is 0 Å². The lowest BCUT2D eigenvalue weighted by Gasteiger charge is -2.27. The summed E-state index contributed by atoms with van der Waals surface area (Å²) in [6.45, 7) is -0.167. The largest absolute Gasteiger partial charge is 0.310 e. The number of hydrogen-bond donors (Lipinski definition) is 0. The first-order valence-electron chi connectivity index (χ1n) is 10.7. The van der Waals surface area contributed by atoms with E-state index in [1.54, 1.807) is 54.6 Å². The van der Waals surface area contributed by atoms with Crippen LogP contribution in [0.1, 0.15) is 5.56 Å². The van der Waals surface area contributed by atoms with Gasteiger partial charge in [-0.05, 0) is 54.4 Å². The molecule has 0 aliphatic carbocycles. The molecule has 0 aromatic heterocycles. The van der Waals surface area contributed by atoms with Crippen molar-refractivity contribution in [1.82, 2.24) is 4.31 Å². The average molecular weight is 534 g/mol. The Morgan fingerprint density at radius 2 is 1.54 bits per heavy atom. The molecular weight excluding hydrogens is 510 g/mol. The zero-order chi connectivity index (χ0) is 25.4. The Kier molecular flexibility index (Phi) is 6.92. The maximum Gasteiger partial charge on any atom is 0.264 e. The molecule has 1 heterocycles. The number of nitrogens with zero attached hydrogens (tertiary/aromatic N) is 3. The molecule has 184 valence electrons. The van der Waals surface area contributed by atoms with Gasteiger partial charge in [-0.3, -0.25) is 9.10 Å². The van der Waals surface area contributed by atoms with Gasteiger partial charge in [-0.25, -0.2) is 21.1 Å². The number of carbonyl (C=O) groups excluding carboxylic acids is 1. The number of carbonyl (C=O) groups is 1. The smallest absolute Gasteiger partial charge is 0.264 e. The first kappa shape index (κ1) is 25.2. The Hall–Kier alpha value is -2.92. The number of para-hydroxylation sites is 1. The van der Waals surface area contributed by atoms with Crippen LogP contribution in [-0.2, 0) is 31.3 Å².